The van der Waals surface area contributed by atoms with Gasteiger partial charge in [0, 0.05) is 23.3 Å². The van der Waals surface area contributed by atoms with E-state index in [1.54, 1.807) is 29.2 Å². The maximum absolute atomic E-state index is 13.7. The second-order valence-corrected chi connectivity index (χ2v) is 15.2. The standard InChI is InChI=1S/C36H49N3O5/c1-21-29(17-23-19-37-20-24(23)18-30-22(2)32(41)39(34(30)43)36(6,7)8)33(42)38(31(21)40)26-11-15-28(16-12-26)44-27-13-9-25(10-14-27)35(3,4)5/h9-16,21-24,29-30,32,37,41H,17-20H2,1-8H3. The van der Waals surface area contributed by atoms with E-state index in [1.807, 2.05) is 46.8 Å². The van der Waals surface area contributed by atoms with Crippen molar-refractivity contribution in [3.8, 4) is 11.5 Å². The number of amides is 3. The molecule has 8 heteroatoms. The van der Waals surface area contributed by atoms with Crippen LogP contribution in [0, 0.1) is 35.5 Å². The first-order valence-electron chi connectivity index (χ1n) is 16.1. The summed E-state index contributed by atoms with van der Waals surface area (Å²) in [5, 5.41) is 14.3. The Morgan fingerprint density at radius 3 is 1.80 bits per heavy atom. The summed E-state index contributed by atoms with van der Waals surface area (Å²) in [5.74, 6) is 0.101. The first-order valence-corrected chi connectivity index (χ1v) is 16.1. The summed E-state index contributed by atoms with van der Waals surface area (Å²) >= 11 is 0. The van der Waals surface area contributed by atoms with Crippen molar-refractivity contribution in [3.63, 3.8) is 0 Å². The number of nitrogens with zero attached hydrogens (tertiary/aromatic N) is 2. The lowest BCUT2D eigenvalue weighted by Gasteiger charge is -2.35. The van der Waals surface area contributed by atoms with Gasteiger partial charge in [-0.2, -0.15) is 0 Å². The summed E-state index contributed by atoms with van der Waals surface area (Å²) in [6, 6.07) is 15.1. The zero-order valence-electron chi connectivity index (χ0n) is 27.5. The number of anilines is 1. The molecular formula is C36H49N3O5. The molecule has 3 saturated heterocycles. The number of hydrogen-bond donors (Lipinski definition) is 2. The Morgan fingerprint density at radius 2 is 1.30 bits per heavy atom. The number of aliphatic hydroxyl groups is 1. The quantitative estimate of drug-likeness (QED) is 0.393. The minimum Gasteiger partial charge on any atom is -0.457 e. The molecule has 0 bridgehead atoms. The normalized spacial score (nSPS) is 29.7. The number of ether oxygens (including phenoxy) is 1. The Bertz CT molecular complexity index is 1370. The molecule has 44 heavy (non-hydrogen) atoms. The molecule has 238 valence electrons. The van der Waals surface area contributed by atoms with Gasteiger partial charge in [0.25, 0.3) is 0 Å². The topological polar surface area (TPSA) is 99.2 Å². The summed E-state index contributed by atoms with van der Waals surface area (Å²) in [5.41, 5.74) is 1.38. The van der Waals surface area contributed by atoms with Gasteiger partial charge in [0.05, 0.1) is 11.6 Å². The fourth-order valence-corrected chi connectivity index (χ4v) is 7.26. The molecule has 0 aromatic heterocycles. The third-order valence-corrected chi connectivity index (χ3v) is 10.0. The third-order valence-electron chi connectivity index (χ3n) is 10.0. The summed E-state index contributed by atoms with van der Waals surface area (Å²) in [7, 11) is 0. The van der Waals surface area contributed by atoms with E-state index in [1.165, 1.54) is 10.5 Å². The van der Waals surface area contributed by atoms with E-state index in [0.29, 0.717) is 24.3 Å². The number of hydrogen-bond acceptors (Lipinski definition) is 6. The van der Waals surface area contributed by atoms with Gasteiger partial charge in [-0.05, 0) is 106 Å². The van der Waals surface area contributed by atoms with Crippen LogP contribution in [0.3, 0.4) is 0 Å². The van der Waals surface area contributed by atoms with Gasteiger partial charge >= 0.3 is 0 Å². The summed E-state index contributed by atoms with van der Waals surface area (Å²) in [4.78, 5) is 43.4. The first kappa shape index (κ1) is 32.2. The van der Waals surface area contributed by atoms with E-state index in [2.05, 4.69) is 38.2 Å². The highest BCUT2D eigenvalue weighted by molar-refractivity contribution is 6.21. The number of aliphatic hydroxyl groups excluding tert-OH is 1. The molecular weight excluding hydrogens is 554 g/mol. The van der Waals surface area contributed by atoms with Gasteiger partial charge < -0.3 is 20.1 Å². The van der Waals surface area contributed by atoms with E-state index in [0.717, 1.165) is 18.8 Å². The Kier molecular flexibility index (Phi) is 8.73. The molecule has 7 atom stereocenters. The van der Waals surface area contributed by atoms with E-state index in [9.17, 15) is 19.5 Å². The molecule has 0 aliphatic carbocycles. The van der Waals surface area contributed by atoms with E-state index in [4.69, 9.17) is 4.74 Å². The third kappa shape index (κ3) is 6.16. The second kappa shape index (κ2) is 11.9. The average molecular weight is 604 g/mol. The lowest BCUT2D eigenvalue weighted by molar-refractivity contribution is -0.143. The van der Waals surface area contributed by atoms with Gasteiger partial charge in [0.2, 0.25) is 17.7 Å². The van der Waals surface area contributed by atoms with Crippen molar-refractivity contribution < 1.29 is 24.2 Å². The number of carbonyl (C=O) groups excluding carboxylic acids is 3. The molecule has 3 aliphatic heterocycles. The molecule has 3 amide bonds. The zero-order valence-corrected chi connectivity index (χ0v) is 27.5. The molecule has 0 saturated carbocycles. The number of benzene rings is 2. The van der Waals surface area contributed by atoms with Crippen molar-refractivity contribution >= 4 is 23.4 Å². The number of nitrogens with one attached hydrogen (secondary N) is 1. The molecule has 2 N–H and O–H groups in total. The average Bonchev–Trinajstić information content (AvgIpc) is 3.54. The van der Waals surface area contributed by atoms with E-state index < -0.39 is 23.6 Å². The molecule has 3 fully saturated rings. The lowest BCUT2D eigenvalue weighted by Crippen LogP contribution is -2.48. The molecule has 2 aromatic carbocycles. The smallest absolute Gasteiger partial charge is 0.237 e. The van der Waals surface area contributed by atoms with Crippen LogP contribution in [-0.4, -0.2) is 52.6 Å². The largest absolute Gasteiger partial charge is 0.457 e. The van der Waals surface area contributed by atoms with Crippen molar-refractivity contribution in [1.29, 1.82) is 0 Å². The van der Waals surface area contributed by atoms with E-state index >= 15 is 0 Å². The van der Waals surface area contributed by atoms with Gasteiger partial charge in [-0.25, -0.2) is 0 Å². The Hall–Kier alpha value is -3.23. The number of carbonyl (C=O) groups is 3. The highest BCUT2D eigenvalue weighted by Crippen LogP contribution is 2.43. The van der Waals surface area contributed by atoms with Crippen LogP contribution in [-0.2, 0) is 19.8 Å². The van der Waals surface area contributed by atoms with Crippen LogP contribution in [0.25, 0.3) is 0 Å². The SMILES string of the molecule is CC1C(=O)N(c2ccc(Oc3ccc(C(C)(C)C)cc3)cc2)C(=O)C1CC1CNCC1CC1C(=O)N(C(C)(C)C)C(O)C1C. The summed E-state index contributed by atoms with van der Waals surface area (Å²) in [6.45, 7) is 17.7. The molecule has 0 spiro atoms. The maximum atomic E-state index is 13.7. The minimum atomic E-state index is -0.797. The van der Waals surface area contributed by atoms with Gasteiger partial charge in [-0.15, -0.1) is 0 Å². The number of likely N-dealkylation sites (tertiary alicyclic amines) is 1. The number of rotatable bonds is 7. The molecule has 0 radical (unpaired) electrons. The number of imide groups is 1. The molecule has 7 unspecified atom stereocenters. The zero-order chi connectivity index (χ0) is 32.1. The maximum Gasteiger partial charge on any atom is 0.237 e. The second-order valence-electron chi connectivity index (χ2n) is 15.2. The van der Waals surface area contributed by atoms with Gasteiger partial charge in [-0.3, -0.25) is 19.3 Å². The molecule has 5 rings (SSSR count). The molecule has 8 nitrogen and oxygen atoms in total. The summed E-state index contributed by atoms with van der Waals surface area (Å²) in [6.07, 6.45) is 0.454. The van der Waals surface area contributed by atoms with Crippen molar-refractivity contribution in [3.05, 3.63) is 54.1 Å². The van der Waals surface area contributed by atoms with Crippen molar-refractivity contribution in [2.75, 3.05) is 18.0 Å². The van der Waals surface area contributed by atoms with Crippen LogP contribution >= 0.6 is 0 Å². The van der Waals surface area contributed by atoms with E-state index in [-0.39, 0.29) is 46.8 Å². The fourth-order valence-electron chi connectivity index (χ4n) is 7.26. The molecule has 3 aliphatic rings. The van der Waals surface area contributed by atoms with Crippen molar-refractivity contribution in [1.82, 2.24) is 10.2 Å². The first-order chi connectivity index (χ1) is 20.6. The Morgan fingerprint density at radius 1 is 0.773 bits per heavy atom. The predicted octanol–water partition coefficient (Wildman–Crippen LogP) is 5.73. The highest BCUT2D eigenvalue weighted by Gasteiger charge is 2.51. The van der Waals surface area contributed by atoms with Gasteiger partial charge in [0.15, 0.2) is 0 Å². The Balaban J connectivity index is 1.24. The lowest BCUT2D eigenvalue weighted by atomic mass is 9.77. The Labute approximate surface area is 262 Å². The van der Waals surface area contributed by atoms with Gasteiger partial charge in [0.1, 0.15) is 17.7 Å². The summed E-state index contributed by atoms with van der Waals surface area (Å²) < 4.78 is 6.02. The van der Waals surface area contributed by atoms with Crippen LogP contribution in [0.4, 0.5) is 5.69 Å². The van der Waals surface area contributed by atoms with Crippen molar-refractivity contribution in [2.24, 2.45) is 35.5 Å². The van der Waals surface area contributed by atoms with Crippen LogP contribution in [0.15, 0.2) is 48.5 Å². The van der Waals surface area contributed by atoms with Crippen LogP contribution in [0.1, 0.15) is 73.8 Å². The molecule has 3 heterocycles. The van der Waals surface area contributed by atoms with Gasteiger partial charge in [-0.1, -0.05) is 46.8 Å². The van der Waals surface area contributed by atoms with Crippen molar-refractivity contribution in [2.45, 2.75) is 85.4 Å². The van der Waals surface area contributed by atoms with Crippen LogP contribution in [0.2, 0.25) is 0 Å². The van der Waals surface area contributed by atoms with Crippen LogP contribution < -0.4 is 15.0 Å². The van der Waals surface area contributed by atoms with Crippen LogP contribution in [0.5, 0.6) is 11.5 Å². The monoisotopic (exact) mass is 603 g/mol. The minimum absolute atomic E-state index is 0.00385. The highest BCUT2D eigenvalue weighted by atomic mass is 16.5. The molecule has 2 aromatic rings. The fraction of sp³-hybridized carbons (Fsp3) is 0.583. The predicted molar refractivity (Wildman–Crippen MR) is 171 cm³/mol.